The number of hydrogen-bond acceptors (Lipinski definition) is 5. The fraction of sp³-hybridized carbons (Fsp3) is 0.476. The number of benzene rings is 1. The molecule has 0 spiro atoms. The molecule has 6 nitrogen and oxygen atoms in total. The fourth-order valence-electron chi connectivity index (χ4n) is 4.03. The Morgan fingerprint density at radius 3 is 2.78 bits per heavy atom. The first-order valence-electron chi connectivity index (χ1n) is 9.95. The second-order valence-electron chi connectivity index (χ2n) is 7.80. The van der Waals surface area contributed by atoms with Crippen molar-refractivity contribution < 1.29 is 4.52 Å². The second kappa shape index (κ2) is 7.27. The zero-order valence-corrected chi connectivity index (χ0v) is 15.5. The highest BCUT2D eigenvalue weighted by Crippen LogP contribution is 2.39. The van der Waals surface area contributed by atoms with Crippen molar-refractivity contribution in [3.05, 3.63) is 65.8 Å². The minimum atomic E-state index is 0.451. The fourth-order valence-corrected chi connectivity index (χ4v) is 4.03. The van der Waals surface area contributed by atoms with Gasteiger partial charge < -0.3 is 9.09 Å². The molecule has 0 N–H and O–H groups in total. The van der Waals surface area contributed by atoms with Gasteiger partial charge in [0.15, 0.2) is 5.82 Å². The molecule has 2 aliphatic rings. The summed E-state index contributed by atoms with van der Waals surface area (Å²) in [5.74, 6) is 3.82. The van der Waals surface area contributed by atoms with Gasteiger partial charge in [0.1, 0.15) is 5.82 Å². The highest BCUT2D eigenvalue weighted by atomic mass is 16.5. The van der Waals surface area contributed by atoms with Crippen molar-refractivity contribution in [2.75, 3.05) is 13.1 Å². The Kier molecular flexibility index (Phi) is 4.49. The average Bonchev–Trinajstić information content (AvgIpc) is 3.27. The van der Waals surface area contributed by atoms with Crippen molar-refractivity contribution in [2.24, 2.45) is 0 Å². The predicted octanol–water partition coefficient (Wildman–Crippen LogP) is 3.57. The summed E-state index contributed by atoms with van der Waals surface area (Å²) in [6.45, 7) is 3.73. The van der Waals surface area contributed by atoms with E-state index in [2.05, 4.69) is 56.1 Å². The maximum absolute atomic E-state index is 5.41. The van der Waals surface area contributed by atoms with Crippen LogP contribution in [0.4, 0.5) is 0 Å². The molecule has 1 unspecified atom stereocenters. The number of nitrogens with zero attached hydrogens (tertiary/aromatic N) is 5. The van der Waals surface area contributed by atoms with Crippen molar-refractivity contribution in [2.45, 2.75) is 50.6 Å². The van der Waals surface area contributed by atoms with Crippen LogP contribution in [-0.4, -0.2) is 37.7 Å². The summed E-state index contributed by atoms with van der Waals surface area (Å²) in [5, 5.41) is 4.18. The van der Waals surface area contributed by atoms with Crippen LogP contribution in [0.5, 0.6) is 0 Å². The monoisotopic (exact) mass is 363 g/mol. The van der Waals surface area contributed by atoms with E-state index in [-0.39, 0.29) is 0 Å². The Morgan fingerprint density at radius 2 is 1.93 bits per heavy atom. The third kappa shape index (κ3) is 3.81. The van der Waals surface area contributed by atoms with E-state index in [1.807, 2.05) is 6.20 Å². The Balaban J connectivity index is 1.26. The van der Waals surface area contributed by atoms with E-state index < -0.39 is 0 Å². The van der Waals surface area contributed by atoms with Crippen LogP contribution in [0.1, 0.15) is 60.6 Å². The summed E-state index contributed by atoms with van der Waals surface area (Å²) in [7, 11) is 0. The molecule has 2 aromatic heterocycles. The first kappa shape index (κ1) is 16.7. The number of hydrogen-bond donors (Lipinski definition) is 0. The number of aromatic nitrogens is 4. The van der Waals surface area contributed by atoms with Gasteiger partial charge in [-0.1, -0.05) is 35.5 Å². The predicted molar refractivity (Wildman–Crippen MR) is 101 cm³/mol. The average molecular weight is 363 g/mol. The standard InChI is InChI=1S/C21H25N5O/c1-2-5-16(6-3-1)13-26-12-10-22-20(26)18-7-4-11-25(14-18)15-19-23-21(27-24-19)17-8-9-17/h1-3,5-6,10,12,17-18H,4,7-9,11,13-15H2. The topological polar surface area (TPSA) is 60.0 Å². The molecule has 0 radical (unpaired) electrons. The summed E-state index contributed by atoms with van der Waals surface area (Å²) in [4.78, 5) is 11.7. The minimum Gasteiger partial charge on any atom is -0.339 e. The zero-order chi connectivity index (χ0) is 18.1. The Morgan fingerprint density at radius 1 is 1.04 bits per heavy atom. The molecule has 0 bridgehead atoms. The summed E-state index contributed by atoms with van der Waals surface area (Å²) in [6.07, 6.45) is 8.77. The number of piperidine rings is 1. The molecule has 3 aromatic rings. The lowest BCUT2D eigenvalue weighted by molar-refractivity contribution is 0.188. The maximum atomic E-state index is 5.41. The molecule has 1 saturated heterocycles. The smallest absolute Gasteiger partial charge is 0.229 e. The van der Waals surface area contributed by atoms with Crippen LogP contribution in [0.25, 0.3) is 0 Å². The Labute approximate surface area is 159 Å². The zero-order valence-electron chi connectivity index (χ0n) is 15.5. The van der Waals surface area contributed by atoms with Crippen molar-refractivity contribution in [3.8, 4) is 0 Å². The molecule has 5 rings (SSSR count). The van der Waals surface area contributed by atoms with E-state index in [0.717, 1.165) is 37.9 Å². The molecule has 1 atom stereocenters. The van der Waals surface area contributed by atoms with Crippen LogP contribution in [-0.2, 0) is 13.1 Å². The number of likely N-dealkylation sites (tertiary alicyclic amines) is 1. The molecular weight excluding hydrogens is 338 g/mol. The highest BCUT2D eigenvalue weighted by Gasteiger charge is 2.30. The molecular formula is C21H25N5O. The third-order valence-electron chi connectivity index (χ3n) is 5.59. The van der Waals surface area contributed by atoms with Gasteiger partial charge in [0.25, 0.3) is 0 Å². The molecule has 2 fully saturated rings. The Hall–Kier alpha value is -2.47. The largest absolute Gasteiger partial charge is 0.339 e. The Bertz CT molecular complexity index is 883. The van der Waals surface area contributed by atoms with Crippen LogP contribution >= 0.6 is 0 Å². The molecule has 27 heavy (non-hydrogen) atoms. The van der Waals surface area contributed by atoms with Crippen molar-refractivity contribution in [3.63, 3.8) is 0 Å². The quantitative estimate of drug-likeness (QED) is 0.670. The van der Waals surface area contributed by atoms with Crippen LogP contribution in [0.3, 0.4) is 0 Å². The van der Waals surface area contributed by atoms with Crippen LogP contribution < -0.4 is 0 Å². The summed E-state index contributed by atoms with van der Waals surface area (Å²) in [6, 6.07) is 10.6. The molecule has 3 heterocycles. The molecule has 1 saturated carbocycles. The summed E-state index contributed by atoms with van der Waals surface area (Å²) in [5.41, 5.74) is 1.31. The molecule has 1 aliphatic heterocycles. The van der Waals surface area contributed by atoms with Crippen molar-refractivity contribution >= 4 is 0 Å². The van der Waals surface area contributed by atoms with Crippen LogP contribution in [0.15, 0.2) is 47.2 Å². The van der Waals surface area contributed by atoms with Gasteiger partial charge in [-0.05, 0) is 37.8 Å². The van der Waals surface area contributed by atoms with Gasteiger partial charge in [-0.15, -0.1) is 0 Å². The van der Waals surface area contributed by atoms with Crippen LogP contribution in [0, 0.1) is 0 Å². The summed E-state index contributed by atoms with van der Waals surface area (Å²) < 4.78 is 7.71. The van der Waals surface area contributed by atoms with Gasteiger partial charge in [-0.3, -0.25) is 4.90 Å². The molecule has 1 aromatic carbocycles. The van der Waals surface area contributed by atoms with E-state index in [1.165, 1.54) is 37.1 Å². The van der Waals surface area contributed by atoms with Gasteiger partial charge in [0.2, 0.25) is 5.89 Å². The first-order valence-corrected chi connectivity index (χ1v) is 9.95. The normalized spacial score (nSPS) is 20.8. The van der Waals surface area contributed by atoms with Crippen molar-refractivity contribution in [1.29, 1.82) is 0 Å². The lowest BCUT2D eigenvalue weighted by Gasteiger charge is -2.31. The van der Waals surface area contributed by atoms with Gasteiger partial charge in [0, 0.05) is 37.3 Å². The second-order valence-corrected chi connectivity index (χ2v) is 7.80. The number of rotatable bonds is 6. The molecule has 0 amide bonds. The third-order valence-corrected chi connectivity index (χ3v) is 5.59. The lowest BCUT2D eigenvalue weighted by Crippen LogP contribution is -2.35. The highest BCUT2D eigenvalue weighted by molar-refractivity contribution is 5.16. The van der Waals surface area contributed by atoms with Gasteiger partial charge in [-0.2, -0.15) is 4.98 Å². The molecule has 140 valence electrons. The maximum Gasteiger partial charge on any atom is 0.229 e. The van der Waals surface area contributed by atoms with E-state index in [0.29, 0.717) is 11.8 Å². The minimum absolute atomic E-state index is 0.451. The van der Waals surface area contributed by atoms with Gasteiger partial charge in [0.05, 0.1) is 6.54 Å². The van der Waals surface area contributed by atoms with E-state index in [1.54, 1.807) is 0 Å². The van der Waals surface area contributed by atoms with E-state index in [4.69, 9.17) is 9.51 Å². The first-order chi connectivity index (χ1) is 13.3. The van der Waals surface area contributed by atoms with Crippen LogP contribution in [0.2, 0.25) is 0 Å². The van der Waals surface area contributed by atoms with Crippen molar-refractivity contribution in [1.82, 2.24) is 24.6 Å². The SMILES string of the molecule is c1ccc(Cn2ccnc2C2CCCN(Cc3noc(C4CC4)n3)C2)cc1. The molecule has 1 aliphatic carbocycles. The van der Waals surface area contributed by atoms with E-state index in [9.17, 15) is 0 Å². The molecule has 6 heteroatoms. The summed E-state index contributed by atoms with van der Waals surface area (Å²) >= 11 is 0. The van der Waals surface area contributed by atoms with E-state index >= 15 is 0 Å². The van der Waals surface area contributed by atoms with Gasteiger partial charge in [-0.25, -0.2) is 4.98 Å². The lowest BCUT2D eigenvalue weighted by atomic mass is 9.97. The van der Waals surface area contributed by atoms with Gasteiger partial charge >= 0.3 is 0 Å². The number of imidazole rings is 1.